The van der Waals surface area contributed by atoms with E-state index in [1.807, 2.05) is 6.92 Å². The van der Waals surface area contributed by atoms with Gasteiger partial charge in [-0.25, -0.2) is 0 Å². The van der Waals surface area contributed by atoms with Crippen LogP contribution in [-0.2, 0) is 10.2 Å². The molecule has 4 nitrogen and oxygen atoms in total. The zero-order valence-corrected chi connectivity index (χ0v) is 10.4. The van der Waals surface area contributed by atoms with E-state index >= 15 is 0 Å². The molecule has 0 aliphatic carbocycles. The van der Waals surface area contributed by atoms with Crippen LogP contribution in [-0.4, -0.2) is 49.0 Å². The number of thiol groups is 1. The predicted octanol–water partition coefficient (Wildman–Crippen LogP) is 0.577. The van der Waals surface area contributed by atoms with Crippen molar-refractivity contribution < 1.29 is 8.42 Å². The van der Waals surface area contributed by atoms with Gasteiger partial charge < -0.3 is 0 Å². The molecule has 0 radical (unpaired) electrons. The Morgan fingerprint density at radius 3 is 2.36 bits per heavy atom. The molecule has 0 aromatic carbocycles. The summed E-state index contributed by atoms with van der Waals surface area (Å²) in [6, 6.07) is 0. The number of hydrogen-bond donors (Lipinski definition) is 1. The van der Waals surface area contributed by atoms with Crippen LogP contribution >= 0.6 is 12.6 Å². The van der Waals surface area contributed by atoms with Crippen molar-refractivity contribution in [2.45, 2.75) is 25.0 Å². The zero-order valence-electron chi connectivity index (χ0n) is 8.68. The quantitative estimate of drug-likeness (QED) is 0.731. The maximum absolute atomic E-state index is 11.9. The lowest BCUT2D eigenvalue weighted by atomic mass is 10.2. The van der Waals surface area contributed by atoms with Gasteiger partial charge in [0.25, 0.3) is 10.2 Å². The summed E-state index contributed by atoms with van der Waals surface area (Å²) in [5, 5.41) is 0.355. The average Bonchev–Trinajstić information content (AvgIpc) is 2.17. The molecule has 1 rings (SSSR count). The fourth-order valence-electron chi connectivity index (χ4n) is 1.43. The summed E-state index contributed by atoms with van der Waals surface area (Å²) in [6.45, 7) is 3.55. The molecule has 1 fully saturated rings. The van der Waals surface area contributed by atoms with Crippen LogP contribution < -0.4 is 0 Å². The second kappa shape index (κ2) is 4.83. The Morgan fingerprint density at radius 2 is 1.93 bits per heavy atom. The Morgan fingerprint density at radius 1 is 1.43 bits per heavy atom. The fraction of sp³-hybridized carbons (Fsp3) is 1.00. The van der Waals surface area contributed by atoms with E-state index in [1.165, 1.54) is 4.31 Å². The van der Waals surface area contributed by atoms with Crippen LogP contribution in [0.3, 0.4) is 0 Å². The van der Waals surface area contributed by atoms with Crippen LogP contribution in [0.25, 0.3) is 0 Å². The van der Waals surface area contributed by atoms with E-state index in [0.717, 1.165) is 12.8 Å². The minimum atomic E-state index is -3.20. The molecule has 0 N–H and O–H groups in total. The molecule has 1 aliphatic rings. The van der Waals surface area contributed by atoms with Gasteiger partial charge in [-0.1, -0.05) is 6.92 Å². The van der Waals surface area contributed by atoms with Gasteiger partial charge in [0.05, 0.1) is 0 Å². The lowest BCUT2D eigenvalue weighted by Gasteiger charge is -2.31. The van der Waals surface area contributed by atoms with Crippen LogP contribution in [0.5, 0.6) is 0 Å². The number of nitrogens with zero attached hydrogens (tertiary/aromatic N) is 2. The molecule has 0 atom stereocenters. The van der Waals surface area contributed by atoms with Crippen molar-refractivity contribution in [1.29, 1.82) is 0 Å². The number of rotatable bonds is 3. The number of piperidine rings is 1. The standard InChI is InChI=1S/C8H18N2O2S2/c1-3-9(2)14(11,12)10-6-4-8(13)5-7-10/h8,13H,3-7H2,1-2H3. The lowest BCUT2D eigenvalue weighted by molar-refractivity contribution is 0.323. The summed E-state index contributed by atoms with van der Waals surface area (Å²) in [5.41, 5.74) is 0. The van der Waals surface area contributed by atoms with Crippen molar-refractivity contribution in [3.8, 4) is 0 Å². The normalized spacial score (nSPS) is 21.7. The lowest BCUT2D eigenvalue weighted by Crippen LogP contribution is -2.45. The molecule has 6 heteroatoms. The molecule has 0 amide bonds. The molecule has 0 bridgehead atoms. The molecule has 0 unspecified atom stereocenters. The van der Waals surface area contributed by atoms with E-state index in [-0.39, 0.29) is 0 Å². The third kappa shape index (κ3) is 2.62. The van der Waals surface area contributed by atoms with E-state index in [9.17, 15) is 8.42 Å². The Hall–Kier alpha value is 0.220. The van der Waals surface area contributed by atoms with Gasteiger partial charge in [0.1, 0.15) is 0 Å². The molecule has 1 heterocycles. The van der Waals surface area contributed by atoms with Gasteiger partial charge in [0.2, 0.25) is 0 Å². The fourth-order valence-corrected chi connectivity index (χ4v) is 3.06. The van der Waals surface area contributed by atoms with Crippen LogP contribution in [0.4, 0.5) is 0 Å². The van der Waals surface area contributed by atoms with Crippen LogP contribution in [0.2, 0.25) is 0 Å². The molecular weight excluding hydrogens is 220 g/mol. The monoisotopic (exact) mass is 238 g/mol. The second-order valence-corrected chi connectivity index (χ2v) is 6.32. The molecule has 84 valence electrons. The first-order valence-corrected chi connectivity index (χ1v) is 6.79. The SMILES string of the molecule is CCN(C)S(=O)(=O)N1CCC(S)CC1. The molecule has 0 spiro atoms. The van der Waals surface area contributed by atoms with Crippen LogP contribution in [0.15, 0.2) is 0 Å². The Kier molecular flexibility index (Phi) is 4.24. The highest BCUT2D eigenvalue weighted by molar-refractivity contribution is 7.86. The molecule has 1 aliphatic heterocycles. The van der Waals surface area contributed by atoms with Gasteiger partial charge in [-0.3, -0.25) is 0 Å². The summed E-state index contributed by atoms with van der Waals surface area (Å²) >= 11 is 4.34. The third-order valence-electron chi connectivity index (χ3n) is 2.59. The first kappa shape index (κ1) is 12.3. The van der Waals surface area contributed by atoms with Gasteiger partial charge in [-0.05, 0) is 12.8 Å². The largest absolute Gasteiger partial charge is 0.281 e. The van der Waals surface area contributed by atoms with Gasteiger partial charge in [-0.15, -0.1) is 0 Å². The first-order valence-electron chi connectivity index (χ1n) is 4.88. The highest BCUT2D eigenvalue weighted by Crippen LogP contribution is 2.19. The van der Waals surface area contributed by atoms with Crippen LogP contribution in [0, 0.1) is 0 Å². The number of hydrogen-bond acceptors (Lipinski definition) is 3. The van der Waals surface area contributed by atoms with Gasteiger partial charge in [-0.2, -0.15) is 29.7 Å². The summed E-state index contributed by atoms with van der Waals surface area (Å²) < 4.78 is 26.6. The summed E-state index contributed by atoms with van der Waals surface area (Å²) in [4.78, 5) is 0. The Labute approximate surface area is 91.9 Å². The van der Waals surface area contributed by atoms with Crippen molar-refractivity contribution in [1.82, 2.24) is 8.61 Å². The summed E-state index contributed by atoms with van der Waals surface area (Å²) in [5.74, 6) is 0. The van der Waals surface area contributed by atoms with Crippen molar-refractivity contribution in [3.63, 3.8) is 0 Å². The average molecular weight is 238 g/mol. The van der Waals surface area contributed by atoms with E-state index < -0.39 is 10.2 Å². The van der Waals surface area contributed by atoms with Crippen molar-refractivity contribution >= 4 is 22.8 Å². The van der Waals surface area contributed by atoms with Crippen molar-refractivity contribution in [2.24, 2.45) is 0 Å². The zero-order chi connectivity index (χ0) is 10.8. The highest BCUT2D eigenvalue weighted by Gasteiger charge is 2.29. The van der Waals surface area contributed by atoms with Gasteiger partial charge in [0.15, 0.2) is 0 Å². The Balaban J connectivity index is 2.65. The van der Waals surface area contributed by atoms with Gasteiger partial charge in [0, 0.05) is 31.9 Å². The maximum atomic E-state index is 11.9. The van der Waals surface area contributed by atoms with E-state index in [4.69, 9.17) is 0 Å². The molecule has 14 heavy (non-hydrogen) atoms. The molecule has 1 saturated heterocycles. The molecule has 0 aromatic heterocycles. The Bertz CT molecular complexity index is 271. The van der Waals surface area contributed by atoms with E-state index in [0.29, 0.717) is 24.9 Å². The molecule has 0 aromatic rings. The summed E-state index contributed by atoms with van der Waals surface area (Å²) in [6.07, 6.45) is 1.69. The van der Waals surface area contributed by atoms with E-state index in [1.54, 1.807) is 11.4 Å². The van der Waals surface area contributed by atoms with Crippen molar-refractivity contribution in [3.05, 3.63) is 0 Å². The smallest absolute Gasteiger partial charge is 0.195 e. The topological polar surface area (TPSA) is 40.6 Å². The minimum absolute atomic E-state index is 0.355. The van der Waals surface area contributed by atoms with Gasteiger partial charge >= 0.3 is 0 Å². The molecular formula is C8H18N2O2S2. The first-order chi connectivity index (χ1) is 6.48. The van der Waals surface area contributed by atoms with Crippen LogP contribution in [0.1, 0.15) is 19.8 Å². The predicted molar refractivity (Wildman–Crippen MR) is 60.8 cm³/mol. The third-order valence-corrected chi connectivity index (χ3v) is 5.17. The highest BCUT2D eigenvalue weighted by atomic mass is 32.2. The van der Waals surface area contributed by atoms with E-state index in [2.05, 4.69) is 12.6 Å². The second-order valence-electron chi connectivity index (χ2n) is 3.55. The maximum Gasteiger partial charge on any atom is 0.281 e. The summed E-state index contributed by atoms with van der Waals surface area (Å²) in [7, 11) is -1.59. The minimum Gasteiger partial charge on any atom is -0.195 e. The van der Waals surface area contributed by atoms with Crippen molar-refractivity contribution in [2.75, 3.05) is 26.7 Å². The molecule has 0 saturated carbocycles.